The number of nitrogens with two attached hydrogens (primary N) is 1. The summed E-state index contributed by atoms with van der Waals surface area (Å²) in [4.78, 5) is 50.7. The number of carboxylic acid groups (broad SMARTS) is 2. The first-order chi connectivity index (χ1) is 24.5. The third-order valence-corrected chi connectivity index (χ3v) is 12.4. The average molecular weight is 785 g/mol. The van der Waals surface area contributed by atoms with Gasteiger partial charge in [-0.15, -0.1) is 0 Å². The van der Waals surface area contributed by atoms with Crippen LogP contribution >= 0.6 is 11.6 Å². The minimum Gasteiger partial charge on any atom is -0.490 e. The average Bonchev–Trinajstić information content (AvgIpc) is 3.47. The van der Waals surface area contributed by atoms with Gasteiger partial charge in [0.1, 0.15) is 40.4 Å². The Morgan fingerprint density at radius 2 is 1.81 bits per heavy atom. The fraction of sp³-hybridized carbons (Fsp3) is 0.500. The minimum absolute atomic E-state index is 0.0542. The molecule has 1 saturated heterocycles. The van der Waals surface area contributed by atoms with E-state index in [9.17, 15) is 46.2 Å². The Labute approximate surface area is 305 Å². The van der Waals surface area contributed by atoms with Gasteiger partial charge in [0.2, 0.25) is 26.0 Å². The standard InChI is InChI=1S/C32H41ClN6O11S2/c1-17(30(41)39-24-7-3-2-5-19(24)13-25(39)32(44)45)36-22(31(42)43)6-4-12-35-29(40)18-8-10-20(11-9-18)50-16-28-37-23-14-21(33)26(51(34,46)47)15-27(23)52(48,49)38-28/h8-11,14-15,17,19,22,24-25,28,36-38H,2-7,12-13,16H2,1H3,(H,35,40)(H,42,43)(H,44,45)(H2,34,46,47)/t17-,19?,22-,24?,25?,28?/m0/s1. The number of nitrogens with zero attached hydrogens (tertiary/aromatic N) is 1. The van der Waals surface area contributed by atoms with E-state index >= 15 is 0 Å². The molecule has 17 nitrogen and oxygen atoms in total. The third-order valence-electron chi connectivity index (χ3n) is 9.49. The Hall–Kier alpha value is -4.01. The Morgan fingerprint density at radius 3 is 2.46 bits per heavy atom. The molecule has 52 heavy (non-hydrogen) atoms. The molecule has 1 aliphatic carbocycles. The Kier molecular flexibility index (Phi) is 12.0. The maximum atomic E-state index is 13.4. The summed E-state index contributed by atoms with van der Waals surface area (Å²) in [7, 11) is -8.42. The van der Waals surface area contributed by atoms with Crippen molar-refractivity contribution in [3.63, 3.8) is 0 Å². The van der Waals surface area contributed by atoms with Crippen LogP contribution in [0.5, 0.6) is 5.75 Å². The topological polar surface area (TPSA) is 264 Å². The number of primary sulfonamides is 1. The van der Waals surface area contributed by atoms with Crippen LogP contribution in [0.25, 0.3) is 0 Å². The fourth-order valence-corrected chi connectivity index (χ4v) is 9.48. The van der Waals surface area contributed by atoms with Gasteiger partial charge in [0, 0.05) is 18.2 Å². The molecule has 0 bridgehead atoms. The lowest BCUT2D eigenvalue weighted by molar-refractivity contribution is -0.151. The molecule has 0 spiro atoms. The number of hydrogen-bond donors (Lipinski definition) is 7. The highest BCUT2D eigenvalue weighted by Gasteiger charge is 2.48. The Bertz CT molecular complexity index is 1930. The molecule has 1 saturated carbocycles. The lowest BCUT2D eigenvalue weighted by atomic mass is 9.84. The lowest BCUT2D eigenvalue weighted by Gasteiger charge is -2.35. The molecule has 2 aromatic rings. The van der Waals surface area contributed by atoms with Crippen molar-refractivity contribution in [2.75, 3.05) is 18.5 Å². The summed E-state index contributed by atoms with van der Waals surface area (Å²) in [6, 6.07) is 4.88. The molecular weight excluding hydrogens is 744 g/mol. The Balaban J connectivity index is 1.08. The molecule has 2 heterocycles. The van der Waals surface area contributed by atoms with Crippen molar-refractivity contribution in [2.45, 2.75) is 92.0 Å². The smallest absolute Gasteiger partial charge is 0.326 e. The van der Waals surface area contributed by atoms with Crippen LogP contribution in [0.1, 0.15) is 62.2 Å². The quantitative estimate of drug-likeness (QED) is 0.133. The van der Waals surface area contributed by atoms with E-state index in [4.69, 9.17) is 21.5 Å². The monoisotopic (exact) mass is 784 g/mol. The summed E-state index contributed by atoms with van der Waals surface area (Å²) < 4.78 is 57.1. The van der Waals surface area contributed by atoms with E-state index in [2.05, 4.69) is 20.7 Å². The van der Waals surface area contributed by atoms with Crippen LogP contribution in [0.15, 0.2) is 46.2 Å². The highest BCUT2D eigenvalue weighted by molar-refractivity contribution is 7.90. The minimum atomic E-state index is -4.27. The summed E-state index contributed by atoms with van der Waals surface area (Å²) in [5.74, 6) is -2.65. The second-order valence-electron chi connectivity index (χ2n) is 13.1. The molecule has 284 valence electrons. The van der Waals surface area contributed by atoms with Crippen LogP contribution in [0.4, 0.5) is 5.69 Å². The fourth-order valence-electron chi connectivity index (χ4n) is 7.00. The molecule has 4 unspecified atom stereocenters. The number of rotatable bonds is 14. The van der Waals surface area contributed by atoms with Gasteiger partial charge in [0.05, 0.1) is 16.8 Å². The van der Waals surface area contributed by atoms with E-state index in [0.717, 1.165) is 37.8 Å². The zero-order valence-corrected chi connectivity index (χ0v) is 30.5. The van der Waals surface area contributed by atoms with Crippen molar-refractivity contribution < 1.29 is 51.0 Å². The summed E-state index contributed by atoms with van der Waals surface area (Å²) in [5.41, 5.74) is 0.336. The second-order valence-corrected chi connectivity index (χ2v) is 16.7. The maximum absolute atomic E-state index is 13.4. The number of ether oxygens (including phenoxy) is 1. The number of carbonyl (C=O) groups is 4. The molecule has 2 fully saturated rings. The van der Waals surface area contributed by atoms with E-state index in [1.54, 1.807) is 0 Å². The van der Waals surface area contributed by atoms with E-state index in [0.29, 0.717) is 12.2 Å². The van der Waals surface area contributed by atoms with Crippen LogP contribution in [-0.4, -0.2) is 99.2 Å². The molecule has 8 N–H and O–H groups in total. The molecule has 2 amide bonds. The van der Waals surface area contributed by atoms with Crippen molar-refractivity contribution in [3.05, 3.63) is 47.0 Å². The molecule has 0 radical (unpaired) electrons. The van der Waals surface area contributed by atoms with Gasteiger partial charge in [0.25, 0.3) is 5.91 Å². The van der Waals surface area contributed by atoms with Gasteiger partial charge < -0.3 is 30.5 Å². The first kappa shape index (κ1) is 39.2. The predicted molar refractivity (Wildman–Crippen MR) is 187 cm³/mol. The number of halogens is 1. The summed E-state index contributed by atoms with van der Waals surface area (Å²) >= 11 is 6.01. The number of likely N-dealkylation sites (tertiary alicyclic amines) is 1. The first-order valence-electron chi connectivity index (χ1n) is 16.7. The van der Waals surface area contributed by atoms with Crippen LogP contribution in [0.3, 0.4) is 0 Å². The van der Waals surface area contributed by atoms with Gasteiger partial charge in [-0.3, -0.25) is 19.7 Å². The molecule has 3 aliphatic rings. The predicted octanol–water partition coefficient (Wildman–Crippen LogP) is 1.28. The van der Waals surface area contributed by atoms with Gasteiger partial charge in [0.15, 0.2) is 0 Å². The van der Waals surface area contributed by atoms with Crippen LogP contribution in [-0.2, 0) is 34.4 Å². The van der Waals surface area contributed by atoms with Crippen molar-refractivity contribution >= 4 is 61.1 Å². The largest absolute Gasteiger partial charge is 0.490 e. The van der Waals surface area contributed by atoms with Crippen LogP contribution < -0.4 is 30.5 Å². The van der Waals surface area contributed by atoms with Gasteiger partial charge in [-0.05, 0) is 81.3 Å². The number of sulfonamides is 2. The maximum Gasteiger partial charge on any atom is 0.326 e. The normalized spacial score (nSPS) is 23.3. The number of benzene rings is 2. The number of anilines is 1. The van der Waals surface area contributed by atoms with Crippen molar-refractivity contribution in [2.24, 2.45) is 11.1 Å². The molecule has 6 atom stereocenters. The number of hydrogen-bond acceptors (Lipinski definition) is 11. The molecule has 2 aliphatic heterocycles. The molecule has 2 aromatic carbocycles. The number of aliphatic carboxylic acids is 2. The van der Waals surface area contributed by atoms with Gasteiger partial charge >= 0.3 is 11.9 Å². The summed E-state index contributed by atoms with van der Waals surface area (Å²) in [5, 5.41) is 32.9. The molecule has 0 aromatic heterocycles. The first-order valence-corrected chi connectivity index (χ1v) is 20.1. The molecular formula is C32H41ClN6O11S2. The van der Waals surface area contributed by atoms with Crippen molar-refractivity contribution in [1.82, 2.24) is 20.3 Å². The van der Waals surface area contributed by atoms with E-state index in [-0.39, 0.29) is 59.1 Å². The van der Waals surface area contributed by atoms with Gasteiger partial charge in [-0.1, -0.05) is 24.4 Å². The summed E-state index contributed by atoms with van der Waals surface area (Å²) in [6.45, 7) is 1.48. The Morgan fingerprint density at radius 1 is 1.12 bits per heavy atom. The van der Waals surface area contributed by atoms with Gasteiger partial charge in [-0.2, -0.15) is 4.72 Å². The summed E-state index contributed by atoms with van der Waals surface area (Å²) in [6.07, 6.45) is 3.32. The lowest BCUT2D eigenvalue weighted by Crippen LogP contribution is -2.55. The van der Waals surface area contributed by atoms with E-state index in [1.165, 1.54) is 36.1 Å². The highest BCUT2D eigenvalue weighted by atomic mass is 35.5. The zero-order chi connectivity index (χ0) is 38.0. The van der Waals surface area contributed by atoms with Crippen LogP contribution in [0, 0.1) is 5.92 Å². The number of fused-ring (bicyclic) bond motifs is 2. The zero-order valence-electron chi connectivity index (χ0n) is 28.1. The van der Waals surface area contributed by atoms with E-state index < -0.39 is 73.0 Å². The van der Waals surface area contributed by atoms with Crippen molar-refractivity contribution in [3.8, 4) is 5.75 Å². The van der Waals surface area contributed by atoms with Crippen LogP contribution in [0.2, 0.25) is 5.02 Å². The highest BCUT2D eigenvalue weighted by Crippen LogP contribution is 2.40. The third kappa shape index (κ3) is 8.95. The number of amides is 2. The second kappa shape index (κ2) is 15.9. The molecule has 20 heteroatoms. The number of carbonyl (C=O) groups excluding carboxylic acids is 2. The SMILES string of the molecule is C[C@H](N[C@@H](CCCNC(=O)c1ccc(OCC2Nc3cc(Cl)c(S(N)(=O)=O)cc3S(=O)(=O)N2)cc1)C(=O)O)C(=O)N1C(C(=O)O)CC2CCCCC21. The number of carboxylic acids is 2. The van der Waals surface area contributed by atoms with Gasteiger partial charge in [-0.25, -0.2) is 26.8 Å². The number of nitrogens with one attached hydrogen (secondary N) is 4. The molecule has 5 rings (SSSR count). The van der Waals surface area contributed by atoms with E-state index in [1.807, 2.05) is 0 Å². The van der Waals surface area contributed by atoms with Crippen molar-refractivity contribution in [1.29, 1.82) is 0 Å².